The molecule has 31 heavy (non-hydrogen) atoms. The Morgan fingerprint density at radius 2 is 1.68 bits per heavy atom. The van der Waals surface area contributed by atoms with Gasteiger partial charge < -0.3 is 9.47 Å². The number of carbonyl (C=O) groups excluding carboxylic acids is 1. The van der Waals surface area contributed by atoms with Crippen molar-refractivity contribution in [1.82, 2.24) is 9.47 Å². The van der Waals surface area contributed by atoms with Crippen LogP contribution in [-0.2, 0) is 17.5 Å². The van der Waals surface area contributed by atoms with Gasteiger partial charge in [0.2, 0.25) is 5.91 Å². The summed E-state index contributed by atoms with van der Waals surface area (Å²) in [5.74, 6) is 0.598. The van der Waals surface area contributed by atoms with Crippen LogP contribution in [0.25, 0.3) is 10.9 Å². The Balaban J connectivity index is 1.56. The highest BCUT2D eigenvalue weighted by Crippen LogP contribution is 2.35. The molecule has 1 fully saturated rings. The predicted molar refractivity (Wildman–Crippen MR) is 116 cm³/mol. The van der Waals surface area contributed by atoms with E-state index in [1.807, 2.05) is 30.9 Å². The molecule has 3 nitrogen and oxygen atoms in total. The van der Waals surface area contributed by atoms with Crippen LogP contribution in [0.5, 0.6) is 0 Å². The van der Waals surface area contributed by atoms with Crippen LogP contribution in [0.2, 0.25) is 0 Å². The average Bonchev–Trinajstić information content (AvgIpc) is 3.11. The molecular weight excluding hydrogens is 401 g/mol. The second-order valence-corrected chi connectivity index (χ2v) is 8.68. The lowest BCUT2D eigenvalue weighted by atomic mass is 9.89. The summed E-state index contributed by atoms with van der Waals surface area (Å²) < 4.78 is 40.7. The molecule has 1 aliphatic rings. The van der Waals surface area contributed by atoms with Crippen molar-refractivity contribution in [3.05, 3.63) is 71.4 Å². The molecule has 3 aromatic rings. The quantitative estimate of drug-likeness (QED) is 0.495. The lowest BCUT2D eigenvalue weighted by Crippen LogP contribution is -2.40. The zero-order valence-corrected chi connectivity index (χ0v) is 17.8. The molecule has 0 atom stereocenters. The Bertz CT molecular complexity index is 1060. The fraction of sp³-hybridized carbons (Fsp3) is 0.400. The van der Waals surface area contributed by atoms with Gasteiger partial charge in [-0.05, 0) is 48.1 Å². The first-order valence-electron chi connectivity index (χ1n) is 10.8. The van der Waals surface area contributed by atoms with Crippen LogP contribution in [0.15, 0.2) is 54.7 Å². The van der Waals surface area contributed by atoms with Crippen molar-refractivity contribution in [3.63, 3.8) is 0 Å². The van der Waals surface area contributed by atoms with Crippen molar-refractivity contribution in [3.8, 4) is 0 Å². The highest BCUT2D eigenvalue weighted by molar-refractivity contribution is 5.85. The summed E-state index contributed by atoms with van der Waals surface area (Å²) in [7, 11) is 0. The van der Waals surface area contributed by atoms with Crippen molar-refractivity contribution >= 4 is 16.8 Å². The minimum atomic E-state index is -4.32. The maximum absolute atomic E-state index is 12.9. The van der Waals surface area contributed by atoms with E-state index in [1.54, 1.807) is 12.1 Å². The van der Waals surface area contributed by atoms with Gasteiger partial charge in [-0.1, -0.05) is 44.2 Å². The standard InChI is InChI=1S/C25H27F3N2O/c1-17(2)24(31)29-13-11-19(12-14-29)22-16-30(23-6-4-3-5-21(22)23)15-18-7-9-20(10-8-18)25(26,27)28/h3-10,16-17,19H,11-15H2,1-2H3. The van der Waals surface area contributed by atoms with E-state index >= 15 is 0 Å². The number of hydrogen-bond acceptors (Lipinski definition) is 1. The predicted octanol–water partition coefficient (Wildman–Crippen LogP) is 6.07. The molecule has 0 spiro atoms. The van der Waals surface area contributed by atoms with Gasteiger partial charge in [0.25, 0.3) is 0 Å². The number of amides is 1. The van der Waals surface area contributed by atoms with Crippen LogP contribution in [0, 0.1) is 5.92 Å². The fourth-order valence-electron chi connectivity index (χ4n) is 4.50. The SMILES string of the molecule is CC(C)C(=O)N1CCC(c2cn(Cc3ccc(C(F)(F)F)cc3)c3ccccc23)CC1. The highest BCUT2D eigenvalue weighted by atomic mass is 19.4. The average molecular weight is 428 g/mol. The first-order chi connectivity index (χ1) is 14.7. The maximum Gasteiger partial charge on any atom is 0.416 e. The van der Waals surface area contributed by atoms with E-state index < -0.39 is 11.7 Å². The number of rotatable bonds is 4. The zero-order chi connectivity index (χ0) is 22.2. The minimum Gasteiger partial charge on any atom is -0.343 e. The Morgan fingerprint density at radius 3 is 2.29 bits per heavy atom. The molecule has 1 aromatic heterocycles. The van der Waals surface area contributed by atoms with Crippen molar-refractivity contribution < 1.29 is 18.0 Å². The van der Waals surface area contributed by atoms with Gasteiger partial charge in [0.05, 0.1) is 5.56 Å². The topological polar surface area (TPSA) is 25.2 Å². The Morgan fingerprint density at radius 1 is 1.03 bits per heavy atom. The largest absolute Gasteiger partial charge is 0.416 e. The summed E-state index contributed by atoms with van der Waals surface area (Å²) in [5, 5.41) is 1.18. The molecule has 164 valence electrons. The summed E-state index contributed by atoms with van der Waals surface area (Å²) in [6.07, 6.45) is -0.329. The molecule has 0 unspecified atom stereocenters. The van der Waals surface area contributed by atoms with Gasteiger partial charge in [-0.2, -0.15) is 13.2 Å². The molecule has 2 aromatic carbocycles. The van der Waals surface area contributed by atoms with E-state index in [-0.39, 0.29) is 11.8 Å². The zero-order valence-electron chi connectivity index (χ0n) is 17.8. The van der Waals surface area contributed by atoms with Crippen molar-refractivity contribution in [2.45, 2.75) is 45.3 Å². The van der Waals surface area contributed by atoms with Crippen LogP contribution >= 0.6 is 0 Å². The first-order valence-corrected chi connectivity index (χ1v) is 10.8. The summed E-state index contributed by atoms with van der Waals surface area (Å²) in [6, 6.07) is 13.6. The number of halogens is 3. The molecular formula is C25H27F3N2O. The lowest BCUT2D eigenvalue weighted by Gasteiger charge is -2.33. The highest BCUT2D eigenvalue weighted by Gasteiger charge is 2.30. The molecule has 0 bridgehead atoms. The van der Waals surface area contributed by atoms with E-state index in [9.17, 15) is 18.0 Å². The molecule has 0 aliphatic carbocycles. The smallest absolute Gasteiger partial charge is 0.343 e. The number of likely N-dealkylation sites (tertiary alicyclic amines) is 1. The van der Waals surface area contributed by atoms with Gasteiger partial charge in [-0.25, -0.2) is 0 Å². The van der Waals surface area contributed by atoms with E-state index in [4.69, 9.17) is 0 Å². The molecule has 1 saturated heterocycles. The maximum atomic E-state index is 12.9. The molecule has 4 rings (SSSR count). The molecule has 6 heteroatoms. The molecule has 0 saturated carbocycles. The number of fused-ring (bicyclic) bond motifs is 1. The summed E-state index contributed by atoms with van der Waals surface area (Å²) in [5.41, 5.74) is 2.55. The van der Waals surface area contributed by atoms with Gasteiger partial charge in [-0.3, -0.25) is 4.79 Å². The lowest BCUT2D eigenvalue weighted by molar-refractivity contribution is -0.137. The number of para-hydroxylation sites is 1. The summed E-state index contributed by atoms with van der Waals surface area (Å²) in [4.78, 5) is 14.3. The van der Waals surface area contributed by atoms with Crippen LogP contribution in [0.1, 0.15) is 49.3 Å². The number of benzene rings is 2. The van der Waals surface area contributed by atoms with Crippen molar-refractivity contribution in [2.75, 3.05) is 13.1 Å². The summed E-state index contributed by atoms with van der Waals surface area (Å²) in [6.45, 7) is 5.91. The summed E-state index contributed by atoms with van der Waals surface area (Å²) >= 11 is 0. The monoisotopic (exact) mass is 428 g/mol. The van der Waals surface area contributed by atoms with Crippen LogP contribution in [0.4, 0.5) is 13.2 Å². The Hall–Kier alpha value is -2.76. The molecule has 2 heterocycles. The van der Waals surface area contributed by atoms with E-state index in [0.29, 0.717) is 12.5 Å². The van der Waals surface area contributed by atoms with E-state index in [1.165, 1.54) is 10.9 Å². The van der Waals surface area contributed by atoms with Crippen molar-refractivity contribution in [2.24, 2.45) is 5.92 Å². The minimum absolute atomic E-state index is 0.0159. The van der Waals surface area contributed by atoms with Gasteiger partial charge in [0.1, 0.15) is 0 Å². The van der Waals surface area contributed by atoms with Crippen LogP contribution in [0.3, 0.4) is 0 Å². The molecule has 0 radical (unpaired) electrons. The van der Waals surface area contributed by atoms with E-state index in [2.05, 4.69) is 22.9 Å². The second kappa shape index (κ2) is 8.40. The fourth-order valence-corrected chi connectivity index (χ4v) is 4.50. The third-order valence-corrected chi connectivity index (χ3v) is 6.19. The number of piperidine rings is 1. The number of aromatic nitrogens is 1. The van der Waals surface area contributed by atoms with Crippen molar-refractivity contribution in [1.29, 1.82) is 0 Å². The number of nitrogens with zero attached hydrogens (tertiary/aromatic N) is 2. The number of carbonyl (C=O) groups is 1. The van der Waals surface area contributed by atoms with Gasteiger partial charge >= 0.3 is 6.18 Å². The first kappa shape index (κ1) is 21.5. The van der Waals surface area contributed by atoms with Crippen LogP contribution in [-0.4, -0.2) is 28.5 Å². The van der Waals surface area contributed by atoms with Crippen LogP contribution < -0.4 is 0 Å². The third kappa shape index (κ3) is 4.48. The van der Waals surface area contributed by atoms with Gasteiger partial charge in [0, 0.05) is 42.7 Å². The molecule has 1 aliphatic heterocycles. The second-order valence-electron chi connectivity index (χ2n) is 8.68. The third-order valence-electron chi connectivity index (χ3n) is 6.19. The molecule has 1 amide bonds. The number of alkyl halides is 3. The normalized spacial score (nSPS) is 15.7. The van der Waals surface area contributed by atoms with E-state index in [0.717, 1.165) is 49.1 Å². The Labute approximate surface area is 180 Å². The number of hydrogen-bond donors (Lipinski definition) is 0. The van der Waals surface area contributed by atoms with Gasteiger partial charge in [-0.15, -0.1) is 0 Å². The molecule has 0 N–H and O–H groups in total. The Kier molecular flexibility index (Phi) is 5.82. The van der Waals surface area contributed by atoms with Gasteiger partial charge in [0.15, 0.2) is 0 Å².